The third kappa shape index (κ3) is 53.9. The molecule has 0 aliphatic heterocycles. The predicted octanol–water partition coefficient (Wildman–Crippen LogP) is 19.2. The fourth-order valence-electron chi connectivity index (χ4n) is 8.24. The topological polar surface area (TPSA) is 78.9 Å². The lowest BCUT2D eigenvalue weighted by molar-refractivity contribution is -0.167. The summed E-state index contributed by atoms with van der Waals surface area (Å²) < 4.78 is 16.8. The molecule has 0 heterocycles. The third-order valence-corrected chi connectivity index (χ3v) is 12.5. The van der Waals surface area contributed by atoms with Crippen molar-refractivity contribution in [3.05, 3.63) is 60.8 Å². The summed E-state index contributed by atoms with van der Waals surface area (Å²) in [6.07, 6.45) is 69.5. The molecule has 0 fully saturated rings. The van der Waals surface area contributed by atoms with Gasteiger partial charge in [-0.2, -0.15) is 0 Å². The average Bonchev–Trinajstić information content (AvgIpc) is 3.33. The van der Waals surface area contributed by atoms with Crippen LogP contribution in [0.25, 0.3) is 0 Å². The molecule has 6 heteroatoms. The molecule has 0 amide bonds. The van der Waals surface area contributed by atoms with E-state index in [1.165, 1.54) is 161 Å². The molecule has 0 saturated heterocycles. The Hall–Kier alpha value is -2.89. The van der Waals surface area contributed by atoms with Crippen LogP contribution in [0.5, 0.6) is 0 Å². The van der Waals surface area contributed by atoms with Crippen molar-refractivity contribution >= 4 is 17.9 Å². The Morgan fingerprint density at radius 1 is 0.313 bits per heavy atom. The molecule has 1 atom stereocenters. The standard InChI is InChI=1S/C61H108O6/c1-4-7-10-13-16-18-20-22-24-25-26-27-28-29-30-31-32-33-34-35-37-38-40-42-45-48-51-54-60(63)66-57-58(56-65-59(62)53-50-47-44-15-12-9-6-3)67-61(64)55-52-49-46-43-41-39-36-23-21-19-17-14-11-8-5-2/h7,10,16,18,22,24,26-27,29-30,58H,4-6,8-9,11-15,17,19-21,23,25,28,31-57H2,1-3H3/b10-7-,18-16-,24-22-,27-26-,30-29-. The summed E-state index contributed by atoms with van der Waals surface area (Å²) in [6, 6.07) is 0. The highest BCUT2D eigenvalue weighted by Gasteiger charge is 2.19. The summed E-state index contributed by atoms with van der Waals surface area (Å²) in [7, 11) is 0. The van der Waals surface area contributed by atoms with E-state index in [1.54, 1.807) is 0 Å². The Kier molecular flexibility index (Phi) is 53.3. The van der Waals surface area contributed by atoms with E-state index in [0.717, 1.165) is 89.9 Å². The summed E-state index contributed by atoms with van der Waals surface area (Å²) in [5.74, 6) is -0.869. The van der Waals surface area contributed by atoms with Crippen LogP contribution < -0.4 is 0 Å². The van der Waals surface area contributed by atoms with Crippen molar-refractivity contribution in [1.82, 2.24) is 0 Å². The molecule has 388 valence electrons. The Balaban J connectivity index is 4.12. The van der Waals surface area contributed by atoms with Gasteiger partial charge in [-0.3, -0.25) is 14.4 Å². The summed E-state index contributed by atoms with van der Waals surface area (Å²) in [5, 5.41) is 0. The maximum Gasteiger partial charge on any atom is 0.306 e. The second kappa shape index (κ2) is 55.7. The van der Waals surface area contributed by atoms with Gasteiger partial charge in [0.25, 0.3) is 0 Å². The van der Waals surface area contributed by atoms with Crippen molar-refractivity contribution in [1.29, 1.82) is 0 Å². The van der Waals surface area contributed by atoms with Crippen LogP contribution >= 0.6 is 0 Å². The van der Waals surface area contributed by atoms with Crippen molar-refractivity contribution in [2.45, 2.75) is 297 Å². The van der Waals surface area contributed by atoms with E-state index < -0.39 is 6.10 Å². The van der Waals surface area contributed by atoms with E-state index in [4.69, 9.17) is 14.2 Å². The van der Waals surface area contributed by atoms with E-state index in [-0.39, 0.29) is 31.1 Å². The smallest absolute Gasteiger partial charge is 0.306 e. The first kappa shape index (κ1) is 64.1. The van der Waals surface area contributed by atoms with Crippen molar-refractivity contribution in [2.75, 3.05) is 13.2 Å². The van der Waals surface area contributed by atoms with Gasteiger partial charge in [-0.15, -0.1) is 0 Å². The van der Waals surface area contributed by atoms with Gasteiger partial charge < -0.3 is 14.2 Å². The lowest BCUT2D eigenvalue weighted by Gasteiger charge is -2.18. The second-order valence-electron chi connectivity index (χ2n) is 19.2. The zero-order valence-electron chi connectivity index (χ0n) is 44.4. The molecule has 0 spiro atoms. The first-order chi connectivity index (χ1) is 33.0. The molecule has 0 rings (SSSR count). The zero-order valence-corrected chi connectivity index (χ0v) is 44.4. The number of allylic oxidation sites excluding steroid dienone is 10. The first-order valence-corrected chi connectivity index (χ1v) is 28.8. The van der Waals surface area contributed by atoms with Crippen LogP contribution in [-0.4, -0.2) is 37.2 Å². The maximum absolute atomic E-state index is 12.8. The number of hydrogen-bond donors (Lipinski definition) is 0. The van der Waals surface area contributed by atoms with Crippen molar-refractivity contribution in [2.24, 2.45) is 0 Å². The second-order valence-corrected chi connectivity index (χ2v) is 19.2. The summed E-state index contributed by atoms with van der Waals surface area (Å²) in [6.45, 7) is 6.51. The molecule has 0 aliphatic carbocycles. The molecule has 6 nitrogen and oxygen atoms in total. The quantitative estimate of drug-likeness (QED) is 0.0262. The molecule has 1 unspecified atom stereocenters. The maximum atomic E-state index is 12.8. The van der Waals surface area contributed by atoms with E-state index >= 15 is 0 Å². The summed E-state index contributed by atoms with van der Waals surface area (Å²) in [4.78, 5) is 37.9. The minimum absolute atomic E-state index is 0.0711. The highest BCUT2D eigenvalue weighted by atomic mass is 16.6. The van der Waals surface area contributed by atoms with Crippen molar-refractivity contribution in [3.63, 3.8) is 0 Å². The SMILES string of the molecule is CC/C=C\C/C=C\C/C=C\C/C=C\C/C=C\CCCCCCCCCCCCCC(=O)OCC(COC(=O)CCCCCCCCC)OC(=O)CCCCCCCCCCCCCCCCC. The van der Waals surface area contributed by atoms with Gasteiger partial charge in [0.15, 0.2) is 6.10 Å². The van der Waals surface area contributed by atoms with E-state index in [1.807, 2.05) is 0 Å². The van der Waals surface area contributed by atoms with Crippen LogP contribution in [0.15, 0.2) is 60.8 Å². The van der Waals surface area contributed by atoms with Crippen LogP contribution in [0, 0.1) is 0 Å². The monoisotopic (exact) mass is 937 g/mol. The summed E-state index contributed by atoms with van der Waals surface area (Å²) in [5.41, 5.74) is 0. The predicted molar refractivity (Wildman–Crippen MR) is 288 cm³/mol. The highest BCUT2D eigenvalue weighted by molar-refractivity contribution is 5.71. The van der Waals surface area contributed by atoms with Crippen LogP contribution in [0.2, 0.25) is 0 Å². The average molecular weight is 938 g/mol. The number of ether oxygens (including phenoxy) is 3. The van der Waals surface area contributed by atoms with Gasteiger partial charge in [-0.05, 0) is 64.2 Å². The molecule has 67 heavy (non-hydrogen) atoms. The Labute approximate surface area is 415 Å². The Bertz CT molecular complexity index is 1210. The zero-order chi connectivity index (χ0) is 48.6. The van der Waals surface area contributed by atoms with E-state index in [0.29, 0.717) is 19.3 Å². The molecular weight excluding hydrogens is 829 g/mol. The fourth-order valence-corrected chi connectivity index (χ4v) is 8.24. The molecule has 0 saturated carbocycles. The normalized spacial score (nSPS) is 12.5. The van der Waals surface area contributed by atoms with Crippen molar-refractivity contribution in [3.8, 4) is 0 Å². The van der Waals surface area contributed by atoms with Crippen LogP contribution in [-0.2, 0) is 28.6 Å². The van der Waals surface area contributed by atoms with Gasteiger partial charge in [0.2, 0.25) is 0 Å². The van der Waals surface area contributed by atoms with Crippen LogP contribution in [0.4, 0.5) is 0 Å². The molecule has 0 aromatic heterocycles. The summed E-state index contributed by atoms with van der Waals surface area (Å²) >= 11 is 0. The fraction of sp³-hybridized carbons (Fsp3) is 0.787. The number of esters is 3. The minimum atomic E-state index is -0.769. The number of carbonyl (C=O) groups is 3. The Morgan fingerprint density at radius 2 is 0.582 bits per heavy atom. The van der Waals surface area contributed by atoms with Gasteiger partial charge in [0.1, 0.15) is 13.2 Å². The molecule has 0 N–H and O–H groups in total. The highest BCUT2D eigenvalue weighted by Crippen LogP contribution is 2.16. The number of hydrogen-bond acceptors (Lipinski definition) is 6. The van der Waals surface area contributed by atoms with Gasteiger partial charge in [0, 0.05) is 19.3 Å². The molecular formula is C61H108O6. The van der Waals surface area contributed by atoms with E-state index in [9.17, 15) is 14.4 Å². The lowest BCUT2D eigenvalue weighted by Crippen LogP contribution is -2.30. The molecule has 0 aliphatic rings. The van der Waals surface area contributed by atoms with Gasteiger partial charge in [0.05, 0.1) is 0 Å². The number of unbranched alkanes of at least 4 members (excludes halogenated alkanes) is 31. The largest absolute Gasteiger partial charge is 0.462 e. The van der Waals surface area contributed by atoms with Crippen LogP contribution in [0.1, 0.15) is 290 Å². The third-order valence-electron chi connectivity index (χ3n) is 12.5. The van der Waals surface area contributed by atoms with Gasteiger partial charge >= 0.3 is 17.9 Å². The molecule has 0 radical (unpaired) electrons. The lowest BCUT2D eigenvalue weighted by atomic mass is 10.0. The molecule has 0 aromatic rings. The molecule has 0 aromatic carbocycles. The van der Waals surface area contributed by atoms with Gasteiger partial charge in [-0.25, -0.2) is 0 Å². The Morgan fingerprint density at radius 3 is 0.910 bits per heavy atom. The van der Waals surface area contributed by atoms with Crippen molar-refractivity contribution < 1.29 is 28.6 Å². The molecule has 0 bridgehead atoms. The van der Waals surface area contributed by atoms with E-state index in [2.05, 4.69) is 81.5 Å². The minimum Gasteiger partial charge on any atom is -0.462 e. The number of rotatable bonds is 52. The first-order valence-electron chi connectivity index (χ1n) is 28.8. The van der Waals surface area contributed by atoms with Crippen LogP contribution in [0.3, 0.4) is 0 Å². The number of carbonyl (C=O) groups excluding carboxylic acids is 3. The van der Waals surface area contributed by atoms with Gasteiger partial charge in [-0.1, -0.05) is 268 Å².